The van der Waals surface area contributed by atoms with Crippen molar-refractivity contribution in [3.63, 3.8) is 0 Å². The van der Waals surface area contributed by atoms with Gasteiger partial charge in [0.15, 0.2) is 5.78 Å². The molecule has 2 rings (SSSR count). The monoisotopic (exact) mass is 428 g/mol. The number of nitrogens with one attached hydrogen (secondary N) is 2. The molecule has 5 N–H and O–H groups in total. The summed E-state index contributed by atoms with van der Waals surface area (Å²) in [6.45, 7) is 1.78. The average molecular weight is 429 g/mol. The van der Waals surface area contributed by atoms with Crippen molar-refractivity contribution in [3.8, 4) is 11.8 Å². The highest BCUT2D eigenvalue weighted by Crippen LogP contribution is 2.21. The number of hydroxylamine groups is 1. The quantitative estimate of drug-likeness (QED) is 0.226. The molecule has 8 nitrogen and oxygen atoms in total. The van der Waals surface area contributed by atoms with Crippen LogP contribution < -0.4 is 10.8 Å². The molecule has 1 aliphatic heterocycles. The van der Waals surface area contributed by atoms with Gasteiger partial charge in [0.25, 0.3) is 0 Å². The van der Waals surface area contributed by atoms with E-state index in [1.54, 1.807) is 29.7 Å². The molecule has 4 unspecified atom stereocenters. The Morgan fingerprint density at radius 2 is 2.00 bits per heavy atom. The van der Waals surface area contributed by atoms with Crippen molar-refractivity contribution in [1.29, 1.82) is 0 Å². The lowest BCUT2D eigenvalue weighted by molar-refractivity contribution is -0.136. The molecular formula is C23H32N4O4. The van der Waals surface area contributed by atoms with Crippen LogP contribution in [-0.2, 0) is 4.79 Å². The predicted molar refractivity (Wildman–Crippen MR) is 120 cm³/mol. The Labute approximate surface area is 183 Å². The van der Waals surface area contributed by atoms with Crippen LogP contribution in [0.5, 0.6) is 0 Å². The highest BCUT2D eigenvalue weighted by Gasteiger charge is 2.33. The number of ketones is 1. The molecule has 168 valence electrons. The van der Waals surface area contributed by atoms with Gasteiger partial charge < -0.3 is 15.4 Å². The number of carbonyl (C=O) groups excluding carboxylic acids is 1. The molecule has 0 bridgehead atoms. The number of aliphatic imine (C=N–C) groups is 1. The zero-order chi connectivity index (χ0) is 22.8. The number of carbonyl (C=O) groups is 1. The number of Topliss-reactive ketones (excluding diaryl/α,β-unsaturated/α-hetero) is 1. The van der Waals surface area contributed by atoms with Crippen molar-refractivity contribution >= 4 is 12.0 Å². The summed E-state index contributed by atoms with van der Waals surface area (Å²) in [6.07, 6.45) is 4.62. The summed E-state index contributed by atoms with van der Waals surface area (Å²) < 4.78 is 0. The van der Waals surface area contributed by atoms with Crippen LogP contribution in [0.3, 0.4) is 0 Å². The Bertz CT molecular complexity index is 841. The molecule has 1 aliphatic rings. The zero-order valence-electron chi connectivity index (χ0n) is 18.2. The number of likely N-dealkylation sites (N-methyl/N-ethyl adjacent to an activating group) is 2. The van der Waals surface area contributed by atoms with Gasteiger partial charge in [-0.15, -0.1) is 0 Å². The summed E-state index contributed by atoms with van der Waals surface area (Å²) in [5.74, 6) is 5.77. The standard InChI is InChI=1S/C23H32N4O4/c1-4-19-7-5-6-17(14-25-19)9-8-16-10-12-18(13-11-16)23(30)27(3)21(22(29)24-2)20(28)15-26-31/h6,10-14,19,21-24,26,29-31H,4-5,7,15H2,1-3H3. The molecule has 0 fully saturated rings. The summed E-state index contributed by atoms with van der Waals surface area (Å²) in [7, 11) is 3.03. The molecular weight excluding hydrogens is 396 g/mol. The van der Waals surface area contributed by atoms with E-state index in [9.17, 15) is 15.0 Å². The van der Waals surface area contributed by atoms with E-state index in [0.29, 0.717) is 11.6 Å². The molecule has 0 spiro atoms. The second-order valence-electron chi connectivity index (χ2n) is 7.47. The van der Waals surface area contributed by atoms with Crippen molar-refractivity contribution in [2.75, 3.05) is 20.6 Å². The summed E-state index contributed by atoms with van der Waals surface area (Å²) in [5, 5.41) is 32.3. The minimum absolute atomic E-state index is 0.354. The number of aliphatic hydroxyl groups excluding tert-OH is 2. The molecule has 0 saturated heterocycles. The van der Waals surface area contributed by atoms with Crippen molar-refractivity contribution in [2.24, 2.45) is 4.99 Å². The minimum atomic E-state index is -1.22. The number of benzene rings is 1. The van der Waals surface area contributed by atoms with Crippen LogP contribution in [0.4, 0.5) is 0 Å². The lowest BCUT2D eigenvalue weighted by atomic mass is 10.1. The van der Waals surface area contributed by atoms with E-state index in [1.807, 2.05) is 6.21 Å². The largest absolute Gasteiger partial charge is 0.376 e. The minimum Gasteiger partial charge on any atom is -0.376 e. The molecule has 0 amide bonds. The third-order valence-corrected chi connectivity index (χ3v) is 5.32. The molecule has 0 saturated carbocycles. The second kappa shape index (κ2) is 12.5. The predicted octanol–water partition coefficient (Wildman–Crippen LogP) is 0.985. The molecule has 0 aliphatic carbocycles. The molecule has 8 heteroatoms. The maximum absolute atomic E-state index is 12.3. The molecule has 0 aromatic heterocycles. The molecule has 1 heterocycles. The van der Waals surface area contributed by atoms with E-state index < -0.39 is 24.3 Å². The van der Waals surface area contributed by atoms with E-state index in [2.05, 4.69) is 35.1 Å². The van der Waals surface area contributed by atoms with Gasteiger partial charge in [-0.3, -0.25) is 20.0 Å². The summed E-state index contributed by atoms with van der Waals surface area (Å²) in [4.78, 5) is 18.2. The Morgan fingerprint density at radius 3 is 2.61 bits per heavy atom. The second-order valence-corrected chi connectivity index (χ2v) is 7.47. The van der Waals surface area contributed by atoms with Gasteiger partial charge in [-0.05, 0) is 51.1 Å². The number of aliphatic hydroxyl groups is 2. The molecule has 0 radical (unpaired) electrons. The van der Waals surface area contributed by atoms with E-state index in [-0.39, 0.29) is 6.54 Å². The summed E-state index contributed by atoms with van der Waals surface area (Å²) >= 11 is 0. The first-order valence-corrected chi connectivity index (χ1v) is 10.4. The van der Waals surface area contributed by atoms with E-state index in [4.69, 9.17) is 5.21 Å². The maximum Gasteiger partial charge on any atom is 0.170 e. The first kappa shape index (κ1) is 24.9. The Kier molecular flexibility index (Phi) is 10.0. The molecule has 4 atom stereocenters. The Morgan fingerprint density at radius 1 is 1.29 bits per heavy atom. The fourth-order valence-corrected chi connectivity index (χ4v) is 3.37. The van der Waals surface area contributed by atoms with Gasteiger partial charge in [0.05, 0.1) is 12.6 Å². The van der Waals surface area contributed by atoms with Crippen molar-refractivity contribution in [1.82, 2.24) is 15.7 Å². The van der Waals surface area contributed by atoms with Crippen LogP contribution in [0.2, 0.25) is 0 Å². The first-order valence-electron chi connectivity index (χ1n) is 10.4. The number of nitrogens with zero attached hydrogens (tertiary/aromatic N) is 2. The van der Waals surface area contributed by atoms with E-state index in [1.165, 1.54) is 19.0 Å². The molecule has 1 aromatic carbocycles. The topological polar surface area (TPSA) is 117 Å². The smallest absolute Gasteiger partial charge is 0.170 e. The first-order chi connectivity index (χ1) is 14.9. The van der Waals surface area contributed by atoms with Gasteiger partial charge in [0, 0.05) is 17.4 Å². The highest BCUT2D eigenvalue weighted by atomic mass is 16.5. The van der Waals surface area contributed by atoms with Crippen molar-refractivity contribution in [3.05, 3.63) is 47.0 Å². The van der Waals surface area contributed by atoms with Gasteiger partial charge >= 0.3 is 0 Å². The number of rotatable bonds is 9. The average Bonchev–Trinajstić information content (AvgIpc) is 3.02. The van der Waals surface area contributed by atoms with Crippen LogP contribution in [0.25, 0.3) is 0 Å². The fourth-order valence-electron chi connectivity index (χ4n) is 3.37. The van der Waals surface area contributed by atoms with Gasteiger partial charge in [0.2, 0.25) is 0 Å². The van der Waals surface area contributed by atoms with Crippen molar-refractivity contribution in [2.45, 2.75) is 50.7 Å². The van der Waals surface area contributed by atoms with Gasteiger partial charge in [-0.25, -0.2) is 0 Å². The zero-order valence-corrected chi connectivity index (χ0v) is 18.2. The SMILES string of the molecule is CCC1CCC=C(C#Cc2ccc(C(O)N(C)C(C(=O)CNO)C(O)NC)cc2)C=N1. The Balaban J connectivity index is 2.11. The fraction of sp³-hybridized carbons (Fsp3) is 0.478. The van der Waals surface area contributed by atoms with Crippen LogP contribution in [0.15, 0.2) is 40.9 Å². The third-order valence-electron chi connectivity index (χ3n) is 5.32. The number of hydrogen-bond donors (Lipinski definition) is 5. The summed E-state index contributed by atoms with van der Waals surface area (Å²) in [6, 6.07) is 6.34. The number of allylic oxidation sites excluding steroid dienone is 2. The lowest BCUT2D eigenvalue weighted by Crippen LogP contribution is -2.55. The Hall–Kier alpha value is -2.38. The van der Waals surface area contributed by atoms with Gasteiger partial charge in [0.1, 0.15) is 18.5 Å². The van der Waals surface area contributed by atoms with Gasteiger partial charge in [-0.2, -0.15) is 5.48 Å². The van der Waals surface area contributed by atoms with Crippen LogP contribution in [-0.4, -0.2) is 71.3 Å². The highest BCUT2D eigenvalue weighted by molar-refractivity contribution is 5.86. The summed E-state index contributed by atoms with van der Waals surface area (Å²) in [5.41, 5.74) is 4.03. The maximum atomic E-state index is 12.3. The number of hydrogen-bond acceptors (Lipinski definition) is 8. The van der Waals surface area contributed by atoms with Crippen LogP contribution in [0.1, 0.15) is 43.5 Å². The molecule has 31 heavy (non-hydrogen) atoms. The van der Waals surface area contributed by atoms with Crippen LogP contribution in [0, 0.1) is 11.8 Å². The van der Waals surface area contributed by atoms with Gasteiger partial charge in [-0.1, -0.05) is 37.0 Å². The van der Waals surface area contributed by atoms with E-state index >= 15 is 0 Å². The van der Waals surface area contributed by atoms with E-state index in [0.717, 1.165) is 30.4 Å². The lowest BCUT2D eigenvalue weighted by Gasteiger charge is -2.34. The third kappa shape index (κ3) is 7.08. The molecule has 1 aromatic rings. The van der Waals surface area contributed by atoms with Crippen molar-refractivity contribution < 1.29 is 20.2 Å². The van der Waals surface area contributed by atoms with Crippen LogP contribution >= 0.6 is 0 Å². The normalized spacial score (nSPS) is 19.1.